The lowest BCUT2D eigenvalue weighted by Crippen LogP contribution is -1.85. The van der Waals surface area contributed by atoms with Gasteiger partial charge in [0.15, 0.2) is 0 Å². The first-order chi connectivity index (χ1) is 17.8. The zero-order valence-corrected chi connectivity index (χ0v) is 19.9. The number of hydrogen-bond donors (Lipinski definition) is 0. The normalized spacial score (nSPS) is 11.9. The van der Waals surface area contributed by atoms with Crippen LogP contribution in [0.5, 0.6) is 0 Å². The summed E-state index contributed by atoms with van der Waals surface area (Å²) in [6.45, 7) is 0. The maximum Gasteiger partial charge on any atom is 0.227 e. The lowest BCUT2D eigenvalue weighted by molar-refractivity contribution is 0.654. The van der Waals surface area contributed by atoms with Gasteiger partial charge in [0.05, 0.1) is 16.9 Å². The Morgan fingerprint density at radius 1 is 0.500 bits per heavy atom. The van der Waals surface area contributed by atoms with Crippen LogP contribution in [-0.2, 0) is 0 Å². The molecule has 0 atom stereocenters. The molecule has 0 unspecified atom stereocenters. The summed E-state index contributed by atoms with van der Waals surface area (Å²) in [4.78, 5) is 9.93. The van der Waals surface area contributed by atoms with Gasteiger partial charge in [0.1, 0.15) is 5.58 Å². The molecule has 0 aliphatic rings. The monoisotopic (exact) mass is 478 g/mol. The fourth-order valence-electron chi connectivity index (χ4n) is 5.20. The average Bonchev–Trinajstić information content (AvgIpc) is 3.50. The number of pyridine rings is 2. The summed E-state index contributed by atoms with van der Waals surface area (Å²) >= 11 is 1.81. The quantitative estimate of drug-likeness (QED) is 0.248. The van der Waals surface area contributed by atoms with Gasteiger partial charge in [-0.2, -0.15) is 0 Å². The molecule has 0 saturated heterocycles. The van der Waals surface area contributed by atoms with Crippen LogP contribution in [-0.4, -0.2) is 9.97 Å². The van der Waals surface area contributed by atoms with Gasteiger partial charge in [0.25, 0.3) is 0 Å². The maximum absolute atomic E-state index is 6.08. The Labute approximate surface area is 210 Å². The van der Waals surface area contributed by atoms with E-state index in [9.17, 15) is 0 Å². The van der Waals surface area contributed by atoms with E-state index in [1.807, 2.05) is 35.6 Å². The van der Waals surface area contributed by atoms with Crippen molar-refractivity contribution in [3.8, 4) is 22.5 Å². The van der Waals surface area contributed by atoms with E-state index in [1.165, 1.54) is 20.2 Å². The Bertz CT molecular complexity index is 2120. The first-order valence-electron chi connectivity index (χ1n) is 11.9. The van der Waals surface area contributed by atoms with Crippen molar-refractivity contribution in [2.24, 2.45) is 0 Å². The summed E-state index contributed by atoms with van der Waals surface area (Å²) in [5, 5.41) is 5.77. The van der Waals surface area contributed by atoms with E-state index in [0.717, 1.165) is 49.8 Å². The number of rotatable bonds is 2. The predicted octanol–water partition coefficient (Wildman–Crippen LogP) is 9.23. The summed E-state index contributed by atoms with van der Waals surface area (Å²) < 4.78 is 8.55. The maximum atomic E-state index is 6.08. The number of furan rings is 1. The molecule has 0 aliphatic carbocycles. The molecule has 4 heterocycles. The fourth-order valence-corrected chi connectivity index (χ4v) is 6.54. The van der Waals surface area contributed by atoms with Crippen molar-refractivity contribution in [3.05, 3.63) is 109 Å². The number of nitrogens with zero attached hydrogens (tertiary/aromatic N) is 2. The molecule has 4 aromatic carbocycles. The Morgan fingerprint density at radius 3 is 2.00 bits per heavy atom. The lowest BCUT2D eigenvalue weighted by atomic mass is 10.0. The molecule has 4 aromatic heterocycles. The van der Waals surface area contributed by atoms with E-state index in [0.29, 0.717) is 5.71 Å². The second kappa shape index (κ2) is 7.48. The van der Waals surface area contributed by atoms with Crippen LogP contribution < -0.4 is 0 Å². The van der Waals surface area contributed by atoms with E-state index in [4.69, 9.17) is 14.4 Å². The van der Waals surface area contributed by atoms with E-state index < -0.39 is 0 Å². The molecule has 8 aromatic rings. The number of hydrogen-bond acceptors (Lipinski definition) is 4. The molecular formula is C32H18N2OS. The van der Waals surface area contributed by atoms with Gasteiger partial charge >= 0.3 is 0 Å². The number of aromatic nitrogens is 2. The largest absolute Gasteiger partial charge is 0.438 e. The first kappa shape index (κ1) is 19.7. The molecule has 36 heavy (non-hydrogen) atoms. The Hall–Kier alpha value is -4.54. The van der Waals surface area contributed by atoms with Gasteiger partial charge in [0.2, 0.25) is 5.71 Å². The number of fused-ring (bicyclic) bond motifs is 7. The number of thiophene rings is 1. The standard InChI is InChI=1S/C32H18N2OS/c1-3-13-26-19(7-1)15-17-27(33-26)24-11-5-9-21-22-10-6-12-25(31(22)36-30(21)24)28-18-16-23-20-8-2-4-14-29(20)35-32(23)34-28/h1-18H. The van der Waals surface area contributed by atoms with E-state index in [1.54, 1.807) is 0 Å². The molecule has 0 saturated carbocycles. The smallest absolute Gasteiger partial charge is 0.227 e. The third kappa shape index (κ3) is 2.85. The molecular weight excluding hydrogens is 460 g/mol. The average molecular weight is 479 g/mol. The van der Waals surface area contributed by atoms with Crippen LogP contribution in [0.1, 0.15) is 0 Å². The number of para-hydroxylation sites is 2. The Kier molecular flexibility index (Phi) is 4.10. The van der Waals surface area contributed by atoms with Gasteiger partial charge in [-0.25, -0.2) is 9.97 Å². The van der Waals surface area contributed by atoms with E-state index in [-0.39, 0.29) is 0 Å². The van der Waals surface area contributed by atoms with Crippen LogP contribution >= 0.6 is 11.3 Å². The van der Waals surface area contributed by atoms with Gasteiger partial charge in [-0.1, -0.05) is 78.9 Å². The Balaban J connectivity index is 1.35. The first-order valence-corrected chi connectivity index (χ1v) is 12.7. The highest BCUT2D eigenvalue weighted by molar-refractivity contribution is 7.26. The van der Waals surface area contributed by atoms with Crippen molar-refractivity contribution < 1.29 is 4.42 Å². The minimum Gasteiger partial charge on any atom is -0.438 e. The van der Waals surface area contributed by atoms with Crippen molar-refractivity contribution >= 4 is 64.5 Å². The molecule has 3 nitrogen and oxygen atoms in total. The summed E-state index contributed by atoms with van der Waals surface area (Å²) in [5.74, 6) is 0. The van der Waals surface area contributed by atoms with Crippen molar-refractivity contribution in [3.63, 3.8) is 0 Å². The van der Waals surface area contributed by atoms with Crippen molar-refractivity contribution in [1.29, 1.82) is 0 Å². The van der Waals surface area contributed by atoms with E-state index >= 15 is 0 Å². The van der Waals surface area contributed by atoms with Crippen LogP contribution in [0.2, 0.25) is 0 Å². The number of benzene rings is 4. The summed E-state index contributed by atoms with van der Waals surface area (Å²) in [5.41, 5.74) is 6.74. The second-order valence-corrected chi connectivity index (χ2v) is 10.0. The predicted molar refractivity (Wildman–Crippen MR) is 151 cm³/mol. The molecule has 0 radical (unpaired) electrons. The fraction of sp³-hybridized carbons (Fsp3) is 0. The van der Waals surface area contributed by atoms with Gasteiger partial charge in [-0.3, -0.25) is 0 Å². The van der Waals surface area contributed by atoms with Gasteiger partial charge < -0.3 is 4.42 Å². The van der Waals surface area contributed by atoms with Crippen LogP contribution in [0.25, 0.3) is 75.7 Å². The zero-order valence-electron chi connectivity index (χ0n) is 19.1. The summed E-state index contributed by atoms with van der Waals surface area (Å²) in [7, 11) is 0. The molecule has 8 rings (SSSR count). The molecule has 0 N–H and O–H groups in total. The molecule has 0 fully saturated rings. The summed E-state index contributed by atoms with van der Waals surface area (Å²) in [6.07, 6.45) is 0. The molecule has 168 valence electrons. The lowest BCUT2D eigenvalue weighted by Gasteiger charge is -2.04. The highest BCUT2D eigenvalue weighted by atomic mass is 32.1. The van der Waals surface area contributed by atoms with Crippen molar-refractivity contribution in [2.45, 2.75) is 0 Å². The minimum absolute atomic E-state index is 0.674. The topological polar surface area (TPSA) is 38.9 Å². The van der Waals surface area contributed by atoms with Crippen LogP contribution in [0.4, 0.5) is 0 Å². The minimum atomic E-state index is 0.674. The van der Waals surface area contributed by atoms with Crippen LogP contribution in [0.15, 0.2) is 114 Å². The zero-order chi connectivity index (χ0) is 23.6. The Morgan fingerprint density at radius 2 is 1.17 bits per heavy atom. The highest BCUT2D eigenvalue weighted by Crippen LogP contribution is 2.43. The van der Waals surface area contributed by atoms with Crippen LogP contribution in [0, 0.1) is 0 Å². The molecule has 0 aliphatic heterocycles. The van der Waals surface area contributed by atoms with Gasteiger partial charge in [-0.15, -0.1) is 11.3 Å². The SMILES string of the molecule is c1ccc2nc(-c3cccc4c3sc3c(-c5ccc6c(n5)oc5ccccc56)cccc34)ccc2c1. The molecule has 0 amide bonds. The van der Waals surface area contributed by atoms with Gasteiger partial charge in [-0.05, 0) is 30.3 Å². The third-order valence-electron chi connectivity index (χ3n) is 6.92. The molecule has 4 heteroatoms. The third-order valence-corrected chi connectivity index (χ3v) is 8.21. The van der Waals surface area contributed by atoms with Crippen molar-refractivity contribution in [1.82, 2.24) is 9.97 Å². The second-order valence-electron chi connectivity index (χ2n) is 9.00. The van der Waals surface area contributed by atoms with Crippen LogP contribution in [0.3, 0.4) is 0 Å². The van der Waals surface area contributed by atoms with Gasteiger partial charge in [0, 0.05) is 47.5 Å². The van der Waals surface area contributed by atoms with Crippen molar-refractivity contribution in [2.75, 3.05) is 0 Å². The summed E-state index contributed by atoms with van der Waals surface area (Å²) in [6, 6.07) is 37.9. The molecule has 0 bridgehead atoms. The highest BCUT2D eigenvalue weighted by Gasteiger charge is 2.16. The van der Waals surface area contributed by atoms with E-state index in [2.05, 4.69) is 84.9 Å². The molecule has 0 spiro atoms.